The first-order valence-electron chi connectivity index (χ1n) is 5.40. The van der Waals surface area contributed by atoms with Crippen LogP contribution in [0.1, 0.15) is 43.1 Å². The fraction of sp³-hybridized carbons (Fsp3) is 0.462. The molecule has 1 N–H and O–H groups in total. The van der Waals surface area contributed by atoms with Gasteiger partial charge in [0.05, 0.1) is 0 Å². The van der Waals surface area contributed by atoms with Crippen LogP contribution in [0.4, 0.5) is 5.69 Å². The molecule has 2 nitrogen and oxygen atoms in total. The molecule has 0 bridgehead atoms. The summed E-state index contributed by atoms with van der Waals surface area (Å²) in [5.41, 5.74) is 3.17. The zero-order valence-electron chi connectivity index (χ0n) is 9.55. The second kappa shape index (κ2) is 3.37. The molecule has 0 unspecified atom stereocenters. The molecule has 0 amide bonds. The number of anilines is 1. The summed E-state index contributed by atoms with van der Waals surface area (Å²) in [6.45, 7) is 7.25. The summed E-state index contributed by atoms with van der Waals surface area (Å²) >= 11 is 0. The smallest absolute Gasteiger partial charge is 0.166 e. The molecule has 0 atom stereocenters. The molecule has 15 heavy (non-hydrogen) atoms. The Bertz CT molecular complexity index is 401. The highest BCUT2D eigenvalue weighted by atomic mass is 16.1. The molecule has 0 aliphatic carbocycles. The van der Waals surface area contributed by atoms with Gasteiger partial charge in [-0.1, -0.05) is 26.8 Å². The van der Waals surface area contributed by atoms with Gasteiger partial charge in [-0.3, -0.25) is 4.79 Å². The van der Waals surface area contributed by atoms with Crippen molar-refractivity contribution in [2.45, 2.75) is 32.6 Å². The van der Waals surface area contributed by atoms with E-state index in [1.807, 2.05) is 12.1 Å². The molecule has 0 fully saturated rings. The normalized spacial score (nSPS) is 15.8. The largest absolute Gasteiger partial charge is 0.384 e. The summed E-state index contributed by atoms with van der Waals surface area (Å²) in [5, 5.41) is 3.25. The third-order valence-corrected chi connectivity index (χ3v) is 2.85. The summed E-state index contributed by atoms with van der Waals surface area (Å²) in [6, 6.07) is 6.15. The zero-order chi connectivity index (χ0) is 11.1. The molecule has 0 saturated heterocycles. The first kappa shape index (κ1) is 10.2. The third kappa shape index (κ3) is 1.89. The van der Waals surface area contributed by atoms with Crippen LogP contribution in [0.15, 0.2) is 18.2 Å². The van der Waals surface area contributed by atoms with E-state index >= 15 is 0 Å². The van der Waals surface area contributed by atoms with Crippen LogP contribution < -0.4 is 5.32 Å². The van der Waals surface area contributed by atoms with E-state index in [9.17, 15) is 4.79 Å². The number of benzene rings is 1. The van der Waals surface area contributed by atoms with Crippen LogP contribution >= 0.6 is 0 Å². The highest BCUT2D eigenvalue weighted by Crippen LogP contribution is 2.29. The van der Waals surface area contributed by atoms with E-state index in [-0.39, 0.29) is 11.2 Å². The van der Waals surface area contributed by atoms with Gasteiger partial charge in [-0.05, 0) is 23.1 Å². The van der Waals surface area contributed by atoms with Crippen molar-refractivity contribution in [1.82, 2.24) is 0 Å². The number of carbonyl (C=O) groups is 1. The van der Waals surface area contributed by atoms with Crippen molar-refractivity contribution >= 4 is 11.5 Å². The van der Waals surface area contributed by atoms with E-state index in [4.69, 9.17) is 0 Å². The molecule has 1 aromatic rings. The lowest BCUT2D eigenvalue weighted by molar-refractivity contribution is 0.0983. The molecular formula is C13H17NO. The Morgan fingerprint density at radius 2 is 2.00 bits per heavy atom. The molecule has 0 saturated carbocycles. The highest BCUT2D eigenvalue weighted by Gasteiger charge is 2.20. The molecule has 0 radical (unpaired) electrons. The van der Waals surface area contributed by atoms with Gasteiger partial charge in [-0.2, -0.15) is 0 Å². The second-order valence-electron chi connectivity index (χ2n) is 5.11. The Morgan fingerprint density at radius 3 is 2.67 bits per heavy atom. The van der Waals surface area contributed by atoms with Crippen molar-refractivity contribution in [1.29, 1.82) is 0 Å². The lowest BCUT2D eigenvalue weighted by Crippen LogP contribution is -2.20. The van der Waals surface area contributed by atoms with Gasteiger partial charge in [0.2, 0.25) is 0 Å². The monoisotopic (exact) mass is 203 g/mol. The van der Waals surface area contributed by atoms with E-state index < -0.39 is 0 Å². The van der Waals surface area contributed by atoms with Crippen molar-refractivity contribution < 1.29 is 4.79 Å². The Hall–Kier alpha value is -1.31. The van der Waals surface area contributed by atoms with Crippen LogP contribution in [0.5, 0.6) is 0 Å². The van der Waals surface area contributed by atoms with Crippen LogP contribution in [-0.2, 0) is 5.41 Å². The van der Waals surface area contributed by atoms with Gasteiger partial charge >= 0.3 is 0 Å². The van der Waals surface area contributed by atoms with Gasteiger partial charge in [0.25, 0.3) is 0 Å². The third-order valence-electron chi connectivity index (χ3n) is 2.85. The van der Waals surface area contributed by atoms with Crippen LogP contribution in [0.2, 0.25) is 0 Å². The first-order chi connectivity index (χ1) is 6.98. The molecule has 1 aliphatic rings. The Balaban J connectivity index is 2.49. The lowest BCUT2D eigenvalue weighted by Gasteiger charge is -2.23. The van der Waals surface area contributed by atoms with Crippen LogP contribution in [0.3, 0.4) is 0 Å². The minimum atomic E-state index is 0.104. The minimum absolute atomic E-state index is 0.104. The summed E-state index contributed by atoms with van der Waals surface area (Å²) in [4.78, 5) is 11.7. The molecule has 2 rings (SSSR count). The Morgan fingerprint density at radius 1 is 1.27 bits per heavy atom. The second-order valence-corrected chi connectivity index (χ2v) is 5.11. The molecule has 1 heterocycles. The maximum absolute atomic E-state index is 11.7. The number of fused-ring (bicyclic) bond motifs is 1. The first-order valence-corrected chi connectivity index (χ1v) is 5.40. The van der Waals surface area contributed by atoms with Crippen LogP contribution in [0.25, 0.3) is 0 Å². The van der Waals surface area contributed by atoms with Crippen molar-refractivity contribution in [3.63, 3.8) is 0 Å². The fourth-order valence-corrected chi connectivity index (χ4v) is 1.84. The molecule has 2 heteroatoms. The highest BCUT2D eigenvalue weighted by molar-refractivity contribution is 6.03. The number of Topliss-reactive ketones (excluding diaryl/α,β-unsaturated/α-hetero) is 1. The van der Waals surface area contributed by atoms with E-state index in [0.717, 1.165) is 17.8 Å². The SMILES string of the molecule is CC(C)(C)c1ccc2c(c1)C(=O)CCN2. The van der Waals surface area contributed by atoms with Gasteiger partial charge < -0.3 is 5.32 Å². The topological polar surface area (TPSA) is 29.1 Å². The Labute approximate surface area is 90.7 Å². The van der Waals surface area contributed by atoms with Gasteiger partial charge in [0.15, 0.2) is 5.78 Å². The van der Waals surface area contributed by atoms with E-state index in [0.29, 0.717) is 6.42 Å². The standard InChI is InChI=1S/C13H17NO/c1-13(2,3)9-4-5-11-10(8-9)12(15)6-7-14-11/h4-5,8,14H,6-7H2,1-3H3. The van der Waals surface area contributed by atoms with Gasteiger partial charge in [-0.15, -0.1) is 0 Å². The van der Waals surface area contributed by atoms with Gasteiger partial charge in [-0.25, -0.2) is 0 Å². The summed E-state index contributed by atoms with van der Waals surface area (Å²) in [6.07, 6.45) is 0.612. The number of carbonyl (C=O) groups excluding carboxylic acids is 1. The maximum atomic E-state index is 11.7. The summed E-state index contributed by atoms with van der Waals surface area (Å²) in [7, 11) is 0. The van der Waals surface area contributed by atoms with E-state index in [2.05, 4.69) is 32.2 Å². The number of hydrogen-bond donors (Lipinski definition) is 1. The number of rotatable bonds is 0. The molecule has 1 aliphatic heterocycles. The zero-order valence-corrected chi connectivity index (χ0v) is 9.55. The molecule has 80 valence electrons. The molecule has 0 spiro atoms. The van der Waals surface area contributed by atoms with Crippen molar-refractivity contribution in [3.8, 4) is 0 Å². The van der Waals surface area contributed by atoms with E-state index in [1.54, 1.807) is 0 Å². The van der Waals surface area contributed by atoms with Gasteiger partial charge in [0, 0.05) is 24.2 Å². The summed E-state index contributed by atoms with van der Waals surface area (Å²) in [5.74, 6) is 0.259. The van der Waals surface area contributed by atoms with Crippen LogP contribution in [0, 0.1) is 0 Å². The fourth-order valence-electron chi connectivity index (χ4n) is 1.84. The molecule has 1 aromatic carbocycles. The lowest BCUT2D eigenvalue weighted by atomic mass is 9.84. The van der Waals surface area contributed by atoms with Crippen molar-refractivity contribution in [2.75, 3.05) is 11.9 Å². The van der Waals surface area contributed by atoms with Crippen molar-refractivity contribution in [3.05, 3.63) is 29.3 Å². The predicted molar refractivity (Wildman–Crippen MR) is 62.6 cm³/mol. The number of hydrogen-bond acceptors (Lipinski definition) is 2. The number of nitrogens with one attached hydrogen (secondary N) is 1. The average Bonchev–Trinajstić information content (AvgIpc) is 2.16. The predicted octanol–water partition coefficient (Wildman–Crippen LogP) is 2.98. The Kier molecular flexibility index (Phi) is 2.29. The number of ketones is 1. The molecule has 0 aromatic heterocycles. The minimum Gasteiger partial charge on any atom is -0.384 e. The maximum Gasteiger partial charge on any atom is 0.166 e. The van der Waals surface area contributed by atoms with Crippen LogP contribution in [-0.4, -0.2) is 12.3 Å². The molecular weight excluding hydrogens is 186 g/mol. The van der Waals surface area contributed by atoms with Crippen molar-refractivity contribution in [2.24, 2.45) is 0 Å². The van der Waals surface area contributed by atoms with E-state index in [1.165, 1.54) is 5.56 Å². The quantitative estimate of drug-likeness (QED) is 0.702. The summed E-state index contributed by atoms with van der Waals surface area (Å²) < 4.78 is 0. The average molecular weight is 203 g/mol. The van der Waals surface area contributed by atoms with Gasteiger partial charge in [0.1, 0.15) is 0 Å².